The normalized spacial score (nSPS) is 20.6. The number of aromatic nitrogens is 1. The van der Waals surface area contributed by atoms with Crippen LogP contribution in [0.2, 0.25) is 0 Å². The van der Waals surface area contributed by atoms with Crippen molar-refractivity contribution >= 4 is 27.5 Å². The Morgan fingerprint density at radius 2 is 2.44 bits per heavy atom. The Labute approximate surface area is 103 Å². The van der Waals surface area contributed by atoms with Crippen LogP contribution in [0.3, 0.4) is 0 Å². The number of carbonyl (C=O) groups is 1. The van der Waals surface area contributed by atoms with Gasteiger partial charge in [0.1, 0.15) is 4.60 Å². The first-order valence-electron chi connectivity index (χ1n) is 5.24. The molecule has 1 aromatic heterocycles. The monoisotopic (exact) mass is 283 g/mol. The Balaban J connectivity index is 2.28. The molecule has 0 radical (unpaired) electrons. The third kappa shape index (κ3) is 2.10. The minimum Gasteiger partial charge on any atom is -0.330 e. The number of rotatable bonds is 2. The summed E-state index contributed by atoms with van der Waals surface area (Å²) in [7, 11) is 0. The fourth-order valence-corrected chi connectivity index (χ4v) is 2.42. The molecule has 2 rings (SSSR count). The highest BCUT2D eigenvalue weighted by Gasteiger charge is 2.30. The summed E-state index contributed by atoms with van der Waals surface area (Å²) in [6, 6.07) is 1.92. The molecular formula is C11H14BrN3O. The fourth-order valence-electron chi connectivity index (χ4n) is 1.97. The molecule has 0 aliphatic carbocycles. The number of halogens is 1. The van der Waals surface area contributed by atoms with Gasteiger partial charge in [-0.25, -0.2) is 4.98 Å². The predicted octanol–water partition coefficient (Wildman–Crippen LogP) is 1.46. The summed E-state index contributed by atoms with van der Waals surface area (Å²) in [5.74, 6) is 0.415. The van der Waals surface area contributed by atoms with Gasteiger partial charge in [0.05, 0.1) is 11.9 Å². The Morgan fingerprint density at radius 1 is 1.69 bits per heavy atom. The quantitative estimate of drug-likeness (QED) is 0.836. The number of carbonyl (C=O) groups excluding carboxylic acids is 1. The van der Waals surface area contributed by atoms with Gasteiger partial charge in [-0.1, -0.05) is 0 Å². The summed E-state index contributed by atoms with van der Waals surface area (Å²) in [4.78, 5) is 17.8. The van der Waals surface area contributed by atoms with Crippen LogP contribution in [0.4, 0.5) is 5.69 Å². The van der Waals surface area contributed by atoms with Gasteiger partial charge in [-0.2, -0.15) is 0 Å². The lowest BCUT2D eigenvalue weighted by Gasteiger charge is -2.18. The number of aryl methyl sites for hydroxylation is 1. The Hall–Kier alpha value is -0.940. The second kappa shape index (κ2) is 4.51. The van der Waals surface area contributed by atoms with Crippen molar-refractivity contribution < 1.29 is 4.79 Å². The van der Waals surface area contributed by atoms with Crippen LogP contribution >= 0.6 is 15.9 Å². The van der Waals surface area contributed by atoms with Gasteiger partial charge in [0, 0.05) is 13.0 Å². The van der Waals surface area contributed by atoms with Crippen molar-refractivity contribution in [2.45, 2.75) is 13.3 Å². The van der Waals surface area contributed by atoms with Crippen molar-refractivity contribution in [2.24, 2.45) is 11.7 Å². The highest BCUT2D eigenvalue weighted by atomic mass is 79.9. The first kappa shape index (κ1) is 11.5. The summed E-state index contributed by atoms with van der Waals surface area (Å²) in [6.45, 7) is 3.25. The van der Waals surface area contributed by atoms with E-state index >= 15 is 0 Å². The lowest BCUT2D eigenvalue weighted by Crippen LogP contribution is -2.26. The first-order chi connectivity index (χ1) is 7.61. The average molecular weight is 284 g/mol. The molecule has 0 spiro atoms. The smallest absolute Gasteiger partial charge is 0.227 e. The highest BCUT2D eigenvalue weighted by molar-refractivity contribution is 9.10. The van der Waals surface area contributed by atoms with Gasteiger partial charge >= 0.3 is 0 Å². The lowest BCUT2D eigenvalue weighted by molar-refractivity contribution is -0.117. The average Bonchev–Trinajstić information content (AvgIpc) is 2.60. The number of anilines is 1. The van der Waals surface area contributed by atoms with Crippen LogP contribution in [0.5, 0.6) is 0 Å². The molecule has 86 valence electrons. The summed E-state index contributed by atoms with van der Waals surface area (Å²) in [5, 5.41) is 0. The van der Waals surface area contributed by atoms with E-state index in [1.54, 1.807) is 11.1 Å². The molecule has 16 heavy (non-hydrogen) atoms. The van der Waals surface area contributed by atoms with Crippen molar-refractivity contribution in [3.63, 3.8) is 0 Å². The number of hydrogen-bond donors (Lipinski definition) is 1. The van der Waals surface area contributed by atoms with E-state index in [2.05, 4.69) is 20.9 Å². The van der Waals surface area contributed by atoms with Crippen LogP contribution in [-0.2, 0) is 4.79 Å². The van der Waals surface area contributed by atoms with E-state index in [-0.39, 0.29) is 11.8 Å². The van der Waals surface area contributed by atoms with Gasteiger partial charge in [-0.05, 0) is 46.9 Å². The number of amides is 1. The standard InChI is InChI=1S/C11H14BrN3O/c1-7-2-10(12)14-5-9(7)15-6-8(4-13)3-11(15)16/h2,5,8H,3-4,6,13H2,1H3. The van der Waals surface area contributed by atoms with E-state index in [4.69, 9.17) is 5.73 Å². The topological polar surface area (TPSA) is 59.2 Å². The molecule has 2 N–H and O–H groups in total. The second-order valence-corrected chi connectivity index (χ2v) is 4.92. The zero-order chi connectivity index (χ0) is 11.7. The van der Waals surface area contributed by atoms with Crippen molar-refractivity contribution in [2.75, 3.05) is 18.0 Å². The van der Waals surface area contributed by atoms with E-state index in [0.29, 0.717) is 19.5 Å². The number of nitrogens with zero attached hydrogens (tertiary/aromatic N) is 2. The summed E-state index contributed by atoms with van der Waals surface area (Å²) >= 11 is 3.31. The third-order valence-electron chi connectivity index (χ3n) is 2.88. The lowest BCUT2D eigenvalue weighted by atomic mass is 10.1. The van der Waals surface area contributed by atoms with Crippen molar-refractivity contribution in [1.29, 1.82) is 0 Å². The van der Waals surface area contributed by atoms with Crippen molar-refractivity contribution in [1.82, 2.24) is 4.98 Å². The Bertz CT molecular complexity index is 422. The van der Waals surface area contributed by atoms with Gasteiger partial charge in [0.2, 0.25) is 5.91 Å². The molecule has 1 aliphatic rings. The minimum absolute atomic E-state index is 0.141. The molecule has 1 amide bonds. The van der Waals surface area contributed by atoms with Crippen LogP contribution in [0.15, 0.2) is 16.9 Å². The van der Waals surface area contributed by atoms with Gasteiger partial charge in [-0.15, -0.1) is 0 Å². The van der Waals surface area contributed by atoms with Crippen LogP contribution in [0.25, 0.3) is 0 Å². The summed E-state index contributed by atoms with van der Waals surface area (Å²) in [6.07, 6.45) is 2.28. The fraction of sp³-hybridized carbons (Fsp3) is 0.455. The van der Waals surface area contributed by atoms with E-state index in [0.717, 1.165) is 15.9 Å². The van der Waals surface area contributed by atoms with Crippen LogP contribution in [0.1, 0.15) is 12.0 Å². The summed E-state index contributed by atoms with van der Waals surface area (Å²) < 4.78 is 0.788. The molecule has 1 atom stereocenters. The zero-order valence-electron chi connectivity index (χ0n) is 9.11. The third-order valence-corrected chi connectivity index (χ3v) is 3.31. The highest BCUT2D eigenvalue weighted by Crippen LogP contribution is 2.27. The van der Waals surface area contributed by atoms with E-state index in [1.807, 2.05) is 13.0 Å². The molecule has 1 unspecified atom stereocenters. The molecule has 4 nitrogen and oxygen atoms in total. The van der Waals surface area contributed by atoms with E-state index < -0.39 is 0 Å². The SMILES string of the molecule is Cc1cc(Br)ncc1N1CC(CN)CC1=O. The maximum atomic E-state index is 11.8. The molecule has 1 aliphatic heterocycles. The maximum Gasteiger partial charge on any atom is 0.227 e. The number of pyridine rings is 1. The molecule has 2 heterocycles. The van der Waals surface area contributed by atoms with Crippen molar-refractivity contribution in [3.8, 4) is 0 Å². The van der Waals surface area contributed by atoms with E-state index in [1.165, 1.54) is 0 Å². The molecular weight excluding hydrogens is 270 g/mol. The Kier molecular flexibility index (Phi) is 3.25. The predicted molar refractivity (Wildman–Crippen MR) is 66.2 cm³/mol. The number of nitrogens with two attached hydrogens (primary N) is 1. The van der Waals surface area contributed by atoms with Crippen LogP contribution < -0.4 is 10.6 Å². The number of hydrogen-bond acceptors (Lipinski definition) is 3. The van der Waals surface area contributed by atoms with Crippen molar-refractivity contribution in [3.05, 3.63) is 22.4 Å². The molecule has 5 heteroatoms. The van der Waals surface area contributed by atoms with Gasteiger partial charge in [-0.3, -0.25) is 4.79 Å². The molecule has 1 saturated heterocycles. The molecule has 1 fully saturated rings. The van der Waals surface area contributed by atoms with Gasteiger partial charge < -0.3 is 10.6 Å². The molecule has 0 aromatic carbocycles. The van der Waals surface area contributed by atoms with E-state index in [9.17, 15) is 4.79 Å². The largest absolute Gasteiger partial charge is 0.330 e. The zero-order valence-corrected chi connectivity index (χ0v) is 10.7. The van der Waals surface area contributed by atoms with Gasteiger partial charge in [0.15, 0.2) is 0 Å². The first-order valence-corrected chi connectivity index (χ1v) is 6.03. The Morgan fingerprint density at radius 3 is 3.00 bits per heavy atom. The maximum absolute atomic E-state index is 11.8. The van der Waals surface area contributed by atoms with Crippen LogP contribution in [0, 0.1) is 12.8 Å². The second-order valence-electron chi connectivity index (χ2n) is 4.10. The van der Waals surface area contributed by atoms with Crippen LogP contribution in [-0.4, -0.2) is 24.0 Å². The molecule has 0 saturated carbocycles. The molecule has 0 bridgehead atoms. The molecule has 1 aromatic rings. The van der Waals surface area contributed by atoms with Gasteiger partial charge in [0.25, 0.3) is 0 Å². The summed E-state index contributed by atoms with van der Waals surface area (Å²) in [5.41, 5.74) is 7.54. The minimum atomic E-state index is 0.141.